The first-order chi connectivity index (χ1) is 29.7. The van der Waals surface area contributed by atoms with Crippen molar-refractivity contribution in [3.63, 3.8) is 0 Å². The Hall–Kier alpha value is -5.08. The zero-order valence-electron chi connectivity index (χ0n) is 34.5. The normalized spacial score (nSPS) is 28.3. The van der Waals surface area contributed by atoms with Gasteiger partial charge in [0.2, 0.25) is 0 Å². The molecular formula is C58H47NO. The molecule has 7 aliphatic carbocycles. The molecular weight excluding hydrogens is 727 g/mol. The van der Waals surface area contributed by atoms with Crippen molar-refractivity contribution in [1.82, 2.24) is 0 Å². The van der Waals surface area contributed by atoms with Crippen molar-refractivity contribution in [3.8, 4) is 5.75 Å². The SMILES string of the molecule is CCCCCCCCCCCC1N(c2ccc(O)cc2)CC2C3=c4c5c6c7c4=C4C8c9c%10c(cc%11cc%12cc%13cc%14c(c%15c%13c%13c%12c%11c%10c(c97)c%13c6%15)C5C(C3)C%14)=CC8CC421. The number of phenolic OH excluding ortho intramolecular Hbond substituents is 1. The van der Waals surface area contributed by atoms with Gasteiger partial charge in [0.05, 0.1) is 0 Å². The number of aromatic hydroxyl groups is 1. The third-order valence-corrected chi connectivity index (χ3v) is 19.7. The summed E-state index contributed by atoms with van der Waals surface area (Å²) in [6.07, 6.45) is 20.3. The predicted molar refractivity (Wildman–Crippen MR) is 250 cm³/mol. The third kappa shape index (κ3) is 2.87. The van der Waals surface area contributed by atoms with Gasteiger partial charge in [0, 0.05) is 41.4 Å². The highest BCUT2D eigenvalue weighted by Crippen LogP contribution is 2.74. The monoisotopic (exact) mass is 773 g/mol. The number of hydrogen-bond donors (Lipinski definition) is 1. The average Bonchev–Trinajstić information content (AvgIpc) is 4.11. The Morgan fingerprint density at radius 3 is 2.12 bits per heavy atom. The van der Waals surface area contributed by atoms with Crippen molar-refractivity contribution in [3.05, 3.63) is 86.4 Å². The molecule has 0 radical (unpaired) electrons. The van der Waals surface area contributed by atoms with Crippen LogP contribution in [-0.4, -0.2) is 17.7 Å². The molecule has 2 fully saturated rings. The first-order valence-electron chi connectivity index (χ1n) is 24.3. The minimum Gasteiger partial charge on any atom is -0.508 e. The Morgan fingerprint density at radius 2 is 1.28 bits per heavy atom. The maximum atomic E-state index is 10.6. The van der Waals surface area contributed by atoms with Crippen molar-refractivity contribution < 1.29 is 5.11 Å². The molecule has 2 heteroatoms. The second-order valence-electron chi connectivity index (χ2n) is 21.8. The fraction of sp³-hybridized carbons (Fsp3) is 0.379. The van der Waals surface area contributed by atoms with Crippen molar-refractivity contribution in [2.24, 2.45) is 23.2 Å². The van der Waals surface area contributed by atoms with E-state index >= 15 is 0 Å². The molecule has 10 aromatic carbocycles. The second-order valence-corrected chi connectivity index (χ2v) is 21.8. The molecule has 290 valence electrons. The molecule has 1 aliphatic heterocycles. The molecule has 1 spiro atoms. The number of anilines is 1. The summed E-state index contributed by atoms with van der Waals surface area (Å²) < 4.78 is 0. The molecule has 0 bridgehead atoms. The van der Waals surface area contributed by atoms with Crippen molar-refractivity contribution in [2.75, 3.05) is 11.4 Å². The van der Waals surface area contributed by atoms with E-state index in [-0.39, 0.29) is 5.41 Å². The number of fused-ring (bicyclic) bond motifs is 1. The summed E-state index contributed by atoms with van der Waals surface area (Å²) in [7, 11) is 0. The van der Waals surface area contributed by atoms with Crippen LogP contribution in [-0.2, 0) is 6.42 Å². The Balaban J connectivity index is 0.969. The van der Waals surface area contributed by atoms with Crippen molar-refractivity contribution in [1.29, 1.82) is 0 Å². The smallest absolute Gasteiger partial charge is 0.115 e. The van der Waals surface area contributed by atoms with Crippen molar-refractivity contribution >= 4 is 109 Å². The highest BCUT2D eigenvalue weighted by Gasteiger charge is 2.67. The number of unbranched alkanes of at least 4 members (excludes halogenated alkanes) is 8. The molecule has 60 heavy (non-hydrogen) atoms. The quantitative estimate of drug-likeness (QED) is 0.105. The summed E-state index contributed by atoms with van der Waals surface area (Å²) in [5.74, 6) is 3.17. The van der Waals surface area contributed by atoms with E-state index in [0.717, 1.165) is 6.54 Å². The minimum absolute atomic E-state index is 0.122. The van der Waals surface area contributed by atoms with Crippen LogP contribution in [0.3, 0.4) is 0 Å². The van der Waals surface area contributed by atoms with E-state index in [4.69, 9.17) is 0 Å². The summed E-state index contributed by atoms with van der Waals surface area (Å²) in [6.45, 7) is 3.45. The lowest BCUT2D eigenvalue weighted by Gasteiger charge is -2.45. The van der Waals surface area contributed by atoms with Gasteiger partial charge < -0.3 is 10.0 Å². The molecule has 0 amide bonds. The van der Waals surface area contributed by atoms with Crippen LogP contribution in [0.25, 0.3) is 103 Å². The van der Waals surface area contributed by atoms with Gasteiger partial charge in [0.25, 0.3) is 0 Å². The summed E-state index contributed by atoms with van der Waals surface area (Å²) in [6, 6.07) is 19.5. The van der Waals surface area contributed by atoms with Crippen LogP contribution >= 0.6 is 0 Å². The van der Waals surface area contributed by atoms with Crippen LogP contribution in [0, 0.1) is 23.2 Å². The first kappa shape index (κ1) is 30.9. The van der Waals surface area contributed by atoms with E-state index < -0.39 is 0 Å². The van der Waals surface area contributed by atoms with E-state index in [0.29, 0.717) is 41.4 Å². The summed E-state index contributed by atoms with van der Waals surface area (Å²) in [5, 5.41) is 41.7. The fourth-order valence-corrected chi connectivity index (χ4v) is 18.3. The van der Waals surface area contributed by atoms with E-state index in [9.17, 15) is 5.11 Å². The highest BCUT2D eigenvalue weighted by atomic mass is 16.3. The van der Waals surface area contributed by atoms with Crippen LogP contribution in [0.5, 0.6) is 5.75 Å². The summed E-state index contributed by atoms with van der Waals surface area (Å²) in [4.78, 5) is 2.92. The lowest BCUT2D eigenvalue weighted by molar-refractivity contribution is 0.273. The van der Waals surface area contributed by atoms with Gasteiger partial charge in [0.15, 0.2) is 0 Å². The molecule has 1 N–H and O–H groups in total. The lowest BCUT2D eigenvalue weighted by atomic mass is 9.58. The van der Waals surface area contributed by atoms with Gasteiger partial charge in [-0.15, -0.1) is 0 Å². The van der Waals surface area contributed by atoms with Gasteiger partial charge in [-0.05, 0) is 210 Å². The van der Waals surface area contributed by atoms with Crippen LogP contribution < -0.4 is 20.6 Å². The Kier molecular flexibility index (Phi) is 4.90. The molecule has 18 rings (SSSR count). The van der Waals surface area contributed by atoms with Gasteiger partial charge in [-0.2, -0.15) is 0 Å². The minimum atomic E-state index is 0.122. The zero-order chi connectivity index (χ0) is 38.4. The fourth-order valence-electron chi connectivity index (χ4n) is 18.3. The molecule has 10 aromatic rings. The van der Waals surface area contributed by atoms with E-state index in [1.54, 1.807) is 108 Å². The maximum absolute atomic E-state index is 10.6. The first-order valence-corrected chi connectivity index (χ1v) is 24.3. The number of phenols is 1. The lowest BCUT2D eigenvalue weighted by Crippen LogP contribution is -2.50. The molecule has 7 unspecified atom stereocenters. The second kappa shape index (κ2) is 9.52. The summed E-state index contributed by atoms with van der Waals surface area (Å²) in [5.41, 5.74) is 12.2. The number of hydrogen-bond acceptors (Lipinski definition) is 2. The number of rotatable bonds is 11. The highest BCUT2D eigenvalue weighted by molar-refractivity contribution is 6.57. The summed E-state index contributed by atoms with van der Waals surface area (Å²) >= 11 is 0. The largest absolute Gasteiger partial charge is 0.508 e. The molecule has 1 saturated carbocycles. The number of nitrogens with zero attached hydrogens (tertiary/aromatic N) is 1. The van der Waals surface area contributed by atoms with E-state index in [2.05, 4.69) is 54.3 Å². The van der Waals surface area contributed by atoms with E-state index in [1.165, 1.54) is 105 Å². The zero-order valence-corrected chi connectivity index (χ0v) is 34.5. The van der Waals surface area contributed by atoms with Gasteiger partial charge in [-0.25, -0.2) is 0 Å². The molecule has 2 nitrogen and oxygen atoms in total. The van der Waals surface area contributed by atoms with Gasteiger partial charge in [0.1, 0.15) is 5.75 Å². The third-order valence-electron chi connectivity index (χ3n) is 19.7. The van der Waals surface area contributed by atoms with Crippen molar-refractivity contribution in [2.45, 2.75) is 108 Å². The molecule has 8 aliphatic rings. The Labute approximate surface area is 347 Å². The van der Waals surface area contributed by atoms with Gasteiger partial charge in [-0.3, -0.25) is 0 Å². The predicted octanol–water partition coefficient (Wildman–Crippen LogP) is 12.2. The van der Waals surface area contributed by atoms with Crippen LogP contribution in [0.15, 0.2) is 48.5 Å². The van der Waals surface area contributed by atoms with Gasteiger partial charge in [-0.1, -0.05) is 82.4 Å². The topological polar surface area (TPSA) is 23.5 Å². The maximum Gasteiger partial charge on any atom is 0.115 e. The molecule has 0 aromatic heterocycles. The molecule has 1 saturated heterocycles. The number of benzene rings is 6. The Morgan fingerprint density at radius 1 is 0.617 bits per heavy atom. The van der Waals surface area contributed by atoms with Gasteiger partial charge >= 0.3 is 0 Å². The van der Waals surface area contributed by atoms with Crippen LogP contribution in [0.2, 0.25) is 0 Å². The van der Waals surface area contributed by atoms with E-state index in [1.807, 2.05) is 23.3 Å². The average molecular weight is 774 g/mol. The van der Waals surface area contributed by atoms with Crippen LogP contribution in [0.4, 0.5) is 5.69 Å². The van der Waals surface area contributed by atoms with Crippen LogP contribution in [0.1, 0.15) is 118 Å². The molecule has 7 atom stereocenters. The molecule has 1 heterocycles. The standard InChI is InChI=1S/C58H47NO/c1-2-3-4-5-6-7-8-9-10-11-36-58-23-31-21-29-19-26-16-25-17-28-18-27-20-30-22-34(35(58)24-59(36)32-12-14-33(60)15-13-32)44-49-40(30)39(27)46-41(28)45-37(25)38(26)47-42(29)48-43(31)57(58)56(44)55-53(48)51(47)50(45)52(46)54(49)55/h12-19,21,30-31,35-36,40,43,60H,2-11,20,22-24H2,1H3. The Bertz CT molecular complexity index is 3850.